The van der Waals surface area contributed by atoms with E-state index < -0.39 is 11.7 Å². The van der Waals surface area contributed by atoms with Gasteiger partial charge in [0.25, 0.3) is 0 Å². The van der Waals surface area contributed by atoms with Gasteiger partial charge in [0.1, 0.15) is 11.4 Å². The first-order valence-electron chi connectivity index (χ1n) is 6.24. The van der Waals surface area contributed by atoms with Crippen LogP contribution in [0.15, 0.2) is 18.2 Å². The number of anilines is 1. The van der Waals surface area contributed by atoms with Crippen LogP contribution in [0.1, 0.15) is 31.1 Å². The van der Waals surface area contributed by atoms with Crippen molar-refractivity contribution in [1.82, 2.24) is 5.32 Å². The van der Waals surface area contributed by atoms with Crippen molar-refractivity contribution in [3.8, 4) is 5.75 Å². The molecule has 0 spiro atoms. The fourth-order valence-corrected chi connectivity index (χ4v) is 1.54. The van der Waals surface area contributed by atoms with Gasteiger partial charge >= 0.3 is 6.09 Å². The molecule has 0 heterocycles. The highest BCUT2D eigenvalue weighted by molar-refractivity contribution is 6.05. The van der Waals surface area contributed by atoms with E-state index in [0.29, 0.717) is 5.69 Å². The Morgan fingerprint density at radius 3 is 2.50 bits per heavy atom. The van der Waals surface area contributed by atoms with E-state index >= 15 is 0 Å². The first-order valence-corrected chi connectivity index (χ1v) is 6.24. The molecular weight excluding hydrogens is 260 g/mol. The number of carbonyl (C=O) groups is 2. The molecule has 0 saturated carbocycles. The lowest BCUT2D eigenvalue weighted by molar-refractivity contribution is 0.0636. The van der Waals surface area contributed by atoms with E-state index in [1.165, 1.54) is 18.2 Å². The first kappa shape index (κ1) is 16.0. The molecule has 110 valence electrons. The lowest BCUT2D eigenvalue weighted by atomic mass is 10.1. The molecule has 1 aromatic carbocycles. The third-order valence-electron chi connectivity index (χ3n) is 2.28. The fourth-order valence-electron chi connectivity index (χ4n) is 1.54. The van der Waals surface area contributed by atoms with E-state index in [0.717, 1.165) is 0 Å². The average Bonchev–Trinajstić information content (AvgIpc) is 2.29. The number of hydrogen-bond acceptors (Lipinski definition) is 5. The Morgan fingerprint density at radius 1 is 1.30 bits per heavy atom. The first-order chi connectivity index (χ1) is 9.23. The van der Waals surface area contributed by atoms with Gasteiger partial charge in [-0.1, -0.05) is 0 Å². The minimum absolute atomic E-state index is 0.0424. The van der Waals surface area contributed by atoms with E-state index in [9.17, 15) is 14.7 Å². The fraction of sp³-hybridized carbons (Fsp3) is 0.429. The van der Waals surface area contributed by atoms with Crippen LogP contribution in [0.2, 0.25) is 0 Å². The molecule has 0 aliphatic heterocycles. The van der Waals surface area contributed by atoms with Gasteiger partial charge in [-0.25, -0.2) is 4.79 Å². The molecule has 0 atom stereocenters. The van der Waals surface area contributed by atoms with Gasteiger partial charge in [-0.3, -0.25) is 10.1 Å². The SMILES string of the molecule is CNCC(=O)c1cc(O)ccc1NC(=O)OC(C)(C)C. The van der Waals surface area contributed by atoms with Gasteiger partial charge in [-0.2, -0.15) is 0 Å². The smallest absolute Gasteiger partial charge is 0.412 e. The number of phenolic OH excluding ortho intramolecular Hbond substituents is 1. The molecule has 0 aliphatic rings. The number of phenols is 1. The Bertz CT molecular complexity index is 506. The highest BCUT2D eigenvalue weighted by Gasteiger charge is 2.19. The van der Waals surface area contributed by atoms with Crippen LogP contribution in [0, 0.1) is 0 Å². The number of ketones is 1. The molecule has 0 aromatic heterocycles. The van der Waals surface area contributed by atoms with Gasteiger partial charge in [-0.15, -0.1) is 0 Å². The molecule has 1 aromatic rings. The number of aromatic hydroxyl groups is 1. The Kier molecular flexibility index (Phi) is 5.10. The Balaban J connectivity index is 2.94. The van der Waals surface area contributed by atoms with Crippen LogP contribution in [0.3, 0.4) is 0 Å². The molecular formula is C14H20N2O4. The second-order valence-corrected chi connectivity index (χ2v) is 5.31. The molecule has 0 unspecified atom stereocenters. The van der Waals surface area contributed by atoms with Gasteiger partial charge < -0.3 is 15.2 Å². The second kappa shape index (κ2) is 6.38. The van der Waals surface area contributed by atoms with Crippen molar-refractivity contribution in [2.75, 3.05) is 18.9 Å². The number of Topliss-reactive ketones (excluding diaryl/α,β-unsaturated/α-hetero) is 1. The molecule has 0 radical (unpaired) electrons. The van der Waals surface area contributed by atoms with E-state index in [1.807, 2.05) is 0 Å². The lowest BCUT2D eigenvalue weighted by Gasteiger charge is -2.20. The zero-order chi connectivity index (χ0) is 15.3. The second-order valence-electron chi connectivity index (χ2n) is 5.31. The van der Waals surface area contributed by atoms with Crippen LogP contribution in [-0.2, 0) is 4.74 Å². The normalized spacial score (nSPS) is 11.0. The van der Waals surface area contributed by atoms with E-state index in [1.54, 1.807) is 27.8 Å². The predicted octanol–water partition coefficient (Wildman–Crippen LogP) is 2.14. The Labute approximate surface area is 118 Å². The molecule has 1 rings (SSSR count). The maximum atomic E-state index is 11.9. The number of likely N-dealkylation sites (N-methyl/N-ethyl adjacent to an activating group) is 1. The zero-order valence-electron chi connectivity index (χ0n) is 12.1. The maximum Gasteiger partial charge on any atom is 0.412 e. The number of benzene rings is 1. The zero-order valence-corrected chi connectivity index (χ0v) is 12.1. The molecule has 0 bridgehead atoms. The van der Waals surface area contributed by atoms with Gasteiger partial charge in [0.15, 0.2) is 5.78 Å². The summed E-state index contributed by atoms with van der Waals surface area (Å²) in [6.45, 7) is 5.34. The van der Waals surface area contributed by atoms with Crippen molar-refractivity contribution in [2.45, 2.75) is 26.4 Å². The van der Waals surface area contributed by atoms with Crippen molar-refractivity contribution >= 4 is 17.6 Å². The topological polar surface area (TPSA) is 87.7 Å². The highest BCUT2D eigenvalue weighted by atomic mass is 16.6. The summed E-state index contributed by atoms with van der Waals surface area (Å²) in [7, 11) is 1.64. The van der Waals surface area contributed by atoms with Crippen LogP contribution in [-0.4, -0.2) is 36.2 Å². The predicted molar refractivity (Wildman–Crippen MR) is 76.2 cm³/mol. The Morgan fingerprint density at radius 2 is 1.95 bits per heavy atom. The molecule has 0 aliphatic carbocycles. The molecule has 20 heavy (non-hydrogen) atoms. The molecule has 3 N–H and O–H groups in total. The Hall–Kier alpha value is -2.08. The quantitative estimate of drug-likeness (QED) is 0.581. The maximum absolute atomic E-state index is 11.9. The summed E-state index contributed by atoms with van der Waals surface area (Å²) < 4.78 is 5.13. The number of nitrogens with one attached hydrogen (secondary N) is 2. The van der Waals surface area contributed by atoms with Gasteiger partial charge in [0.05, 0.1) is 12.2 Å². The van der Waals surface area contributed by atoms with Crippen LogP contribution in [0.25, 0.3) is 0 Å². The molecule has 6 nitrogen and oxygen atoms in total. The van der Waals surface area contributed by atoms with Crippen LogP contribution < -0.4 is 10.6 Å². The number of rotatable bonds is 4. The summed E-state index contributed by atoms with van der Waals surface area (Å²) in [6.07, 6.45) is -0.651. The number of amides is 1. The third-order valence-corrected chi connectivity index (χ3v) is 2.28. The molecule has 0 fully saturated rings. The van der Waals surface area contributed by atoms with Gasteiger partial charge in [-0.05, 0) is 46.0 Å². The van der Waals surface area contributed by atoms with E-state index in [-0.39, 0.29) is 23.6 Å². The molecule has 1 amide bonds. The monoisotopic (exact) mass is 280 g/mol. The minimum Gasteiger partial charge on any atom is -0.508 e. The average molecular weight is 280 g/mol. The summed E-state index contributed by atoms with van der Waals surface area (Å²) in [4.78, 5) is 23.6. The van der Waals surface area contributed by atoms with Crippen molar-refractivity contribution in [1.29, 1.82) is 0 Å². The summed E-state index contributed by atoms with van der Waals surface area (Å²) >= 11 is 0. The number of hydrogen-bond donors (Lipinski definition) is 3. The minimum atomic E-state index is -0.651. The van der Waals surface area contributed by atoms with E-state index in [2.05, 4.69) is 10.6 Å². The van der Waals surface area contributed by atoms with Gasteiger partial charge in [0, 0.05) is 5.56 Å². The van der Waals surface area contributed by atoms with Crippen LogP contribution in [0.4, 0.5) is 10.5 Å². The number of ether oxygens (including phenoxy) is 1. The number of carbonyl (C=O) groups excluding carboxylic acids is 2. The van der Waals surface area contributed by atoms with Crippen LogP contribution >= 0.6 is 0 Å². The lowest BCUT2D eigenvalue weighted by Crippen LogP contribution is -2.28. The molecule has 6 heteroatoms. The summed E-state index contributed by atoms with van der Waals surface area (Å²) in [6, 6.07) is 4.16. The summed E-state index contributed by atoms with van der Waals surface area (Å²) in [5.74, 6) is -0.284. The van der Waals surface area contributed by atoms with Crippen molar-refractivity contribution in [2.24, 2.45) is 0 Å². The highest BCUT2D eigenvalue weighted by Crippen LogP contribution is 2.22. The summed E-state index contributed by atoms with van der Waals surface area (Å²) in [5.41, 5.74) is -0.0987. The standard InChI is InChI=1S/C14H20N2O4/c1-14(2,3)20-13(19)16-11-6-5-9(17)7-10(11)12(18)8-15-4/h5-7,15,17H,8H2,1-4H3,(H,16,19). The van der Waals surface area contributed by atoms with Crippen molar-refractivity contribution < 1.29 is 19.4 Å². The van der Waals surface area contributed by atoms with E-state index in [4.69, 9.17) is 4.74 Å². The largest absolute Gasteiger partial charge is 0.508 e. The van der Waals surface area contributed by atoms with Gasteiger partial charge in [0.2, 0.25) is 0 Å². The van der Waals surface area contributed by atoms with Crippen LogP contribution in [0.5, 0.6) is 5.75 Å². The molecule has 0 saturated heterocycles. The van der Waals surface area contributed by atoms with Crippen molar-refractivity contribution in [3.63, 3.8) is 0 Å². The summed E-state index contributed by atoms with van der Waals surface area (Å²) in [5, 5.41) is 14.7. The third kappa shape index (κ3) is 4.89. The van der Waals surface area contributed by atoms with Crippen molar-refractivity contribution in [3.05, 3.63) is 23.8 Å².